The van der Waals surface area contributed by atoms with Crippen molar-refractivity contribution in [3.05, 3.63) is 48.2 Å². The fourth-order valence-electron chi connectivity index (χ4n) is 3.77. The van der Waals surface area contributed by atoms with E-state index in [4.69, 9.17) is 10.5 Å². The molecule has 156 valence electrons. The minimum absolute atomic E-state index is 0. The molecule has 7 nitrogen and oxygen atoms in total. The van der Waals surface area contributed by atoms with Crippen molar-refractivity contribution in [3.8, 4) is 11.6 Å². The minimum Gasteiger partial charge on any atom is -0.439 e. The van der Waals surface area contributed by atoms with Crippen LogP contribution in [0.25, 0.3) is 0 Å². The zero-order chi connectivity index (χ0) is 18.9. The van der Waals surface area contributed by atoms with Gasteiger partial charge in [0, 0.05) is 17.5 Å². The number of ether oxygens (including phenoxy) is 1. The molecule has 1 aromatic carbocycles. The van der Waals surface area contributed by atoms with Crippen molar-refractivity contribution >= 4 is 42.3 Å². The minimum atomic E-state index is -0.516. The van der Waals surface area contributed by atoms with E-state index in [-0.39, 0.29) is 42.1 Å². The van der Waals surface area contributed by atoms with Gasteiger partial charge in [0.25, 0.3) is 0 Å². The molecule has 1 aliphatic carbocycles. The van der Waals surface area contributed by atoms with Crippen molar-refractivity contribution in [2.45, 2.75) is 19.3 Å². The number of anilines is 1. The van der Waals surface area contributed by atoms with Crippen molar-refractivity contribution in [2.75, 3.05) is 18.4 Å². The van der Waals surface area contributed by atoms with Gasteiger partial charge < -0.3 is 21.1 Å². The molecular weight excluding hydrogens is 415 g/mol. The van der Waals surface area contributed by atoms with E-state index in [1.165, 1.54) is 0 Å². The molecule has 1 unspecified atom stereocenters. The predicted molar refractivity (Wildman–Crippen MR) is 115 cm³/mol. The molecule has 2 aliphatic rings. The van der Waals surface area contributed by atoms with Crippen LogP contribution in [0.15, 0.2) is 42.6 Å². The summed E-state index contributed by atoms with van der Waals surface area (Å²) in [6, 6.07) is 10.0. The number of piperidine rings is 1. The Kier molecular flexibility index (Phi) is 7.46. The number of aromatic nitrogens is 1. The second kappa shape index (κ2) is 9.43. The molecular formula is C20H24Cl2N4O3. The number of pyridine rings is 1. The summed E-state index contributed by atoms with van der Waals surface area (Å²) in [5, 5.41) is 6.30. The van der Waals surface area contributed by atoms with Crippen molar-refractivity contribution in [2.24, 2.45) is 17.1 Å². The van der Waals surface area contributed by atoms with E-state index >= 15 is 0 Å². The third kappa shape index (κ3) is 5.18. The maximum atomic E-state index is 12.5. The Balaban J connectivity index is 0.00000150. The molecule has 2 fully saturated rings. The van der Waals surface area contributed by atoms with Gasteiger partial charge in [0.2, 0.25) is 17.7 Å². The van der Waals surface area contributed by atoms with Crippen LogP contribution in [-0.2, 0) is 4.79 Å². The normalized spacial score (nSPS) is 18.7. The monoisotopic (exact) mass is 438 g/mol. The molecule has 4 rings (SSSR count). The Hall–Kier alpha value is -2.35. The van der Waals surface area contributed by atoms with E-state index < -0.39 is 5.91 Å². The van der Waals surface area contributed by atoms with Crippen molar-refractivity contribution in [1.82, 2.24) is 10.3 Å². The van der Waals surface area contributed by atoms with Gasteiger partial charge in [-0.1, -0.05) is 6.07 Å². The van der Waals surface area contributed by atoms with Crippen LogP contribution in [-0.4, -0.2) is 29.9 Å². The van der Waals surface area contributed by atoms with E-state index in [0.717, 1.165) is 32.4 Å². The van der Waals surface area contributed by atoms with Gasteiger partial charge in [0.1, 0.15) is 5.75 Å². The lowest BCUT2D eigenvalue weighted by Gasteiger charge is -2.23. The van der Waals surface area contributed by atoms with Crippen LogP contribution in [0, 0.1) is 11.3 Å². The Bertz CT molecular complexity index is 870. The van der Waals surface area contributed by atoms with Crippen LogP contribution >= 0.6 is 24.8 Å². The number of nitrogens with two attached hydrogens (primary N) is 1. The number of nitrogens with one attached hydrogen (secondary N) is 2. The summed E-state index contributed by atoms with van der Waals surface area (Å²) >= 11 is 0. The predicted octanol–water partition coefficient (Wildman–Crippen LogP) is 3.14. The number of carbonyl (C=O) groups is 2. The summed E-state index contributed by atoms with van der Waals surface area (Å²) in [6.45, 7) is 1.99. The lowest BCUT2D eigenvalue weighted by molar-refractivity contribution is -0.118. The zero-order valence-corrected chi connectivity index (χ0v) is 17.4. The van der Waals surface area contributed by atoms with Crippen LogP contribution < -0.4 is 21.1 Å². The molecule has 0 bridgehead atoms. The van der Waals surface area contributed by atoms with E-state index in [0.29, 0.717) is 22.9 Å². The Morgan fingerprint density at radius 3 is 2.59 bits per heavy atom. The first-order valence-electron chi connectivity index (χ1n) is 9.11. The van der Waals surface area contributed by atoms with Crippen LogP contribution in [0.3, 0.4) is 0 Å². The highest BCUT2D eigenvalue weighted by atomic mass is 35.5. The Labute approximate surface area is 181 Å². The topological polar surface area (TPSA) is 106 Å². The lowest BCUT2D eigenvalue weighted by atomic mass is 9.92. The molecule has 1 aromatic heterocycles. The summed E-state index contributed by atoms with van der Waals surface area (Å²) < 4.78 is 5.64. The third-order valence-corrected chi connectivity index (χ3v) is 5.45. The largest absolute Gasteiger partial charge is 0.439 e. The van der Waals surface area contributed by atoms with Gasteiger partial charge in [0.05, 0.1) is 11.9 Å². The van der Waals surface area contributed by atoms with Crippen molar-refractivity contribution < 1.29 is 14.3 Å². The summed E-state index contributed by atoms with van der Waals surface area (Å²) in [5.41, 5.74) is 6.49. The number of primary amides is 1. The maximum absolute atomic E-state index is 12.5. The molecule has 2 heterocycles. The van der Waals surface area contributed by atoms with Gasteiger partial charge in [-0.25, -0.2) is 4.98 Å². The maximum Gasteiger partial charge on any atom is 0.248 e. The molecule has 9 heteroatoms. The third-order valence-electron chi connectivity index (χ3n) is 5.45. The number of amides is 2. The molecule has 2 amide bonds. The molecule has 1 atom stereocenters. The Morgan fingerprint density at radius 1 is 1.17 bits per heavy atom. The van der Waals surface area contributed by atoms with E-state index in [9.17, 15) is 9.59 Å². The molecule has 0 radical (unpaired) electrons. The number of hydrogen-bond donors (Lipinski definition) is 3. The molecule has 2 aromatic rings. The molecule has 1 saturated heterocycles. The Morgan fingerprint density at radius 2 is 1.93 bits per heavy atom. The van der Waals surface area contributed by atoms with Crippen LogP contribution in [0.1, 0.15) is 29.6 Å². The highest BCUT2D eigenvalue weighted by Gasteiger charge is 2.57. The van der Waals surface area contributed by atoms with Gasteiger partial charge in [-0.3, -0.25) is 9.59 Å². The van der Waals surface area contributed by atoms with Gasteiger partial charge in [-0.05, 0) is 62.0 Å². The average molecular weight is 439 g/mol. The zero-order valence-electron chi connectivity index (χ0n) is 15.7. The van der Waals surface area contributed by atoms with Gasteiger partial charge >= 0.3 is 0 Å². The smallest absolute Gasteiger partial charge is 0.248 e. The average Bonchev–Trinajstić information content (AvgIpc) is 3.37. The van der Waals surface area contributed by atoms with Gasteiger partial charge in [-0.15, -0.1) is 24.8 Å². The molecule has 4 N–H and O–H groups in total. The van der Waals surface area contributed by atoms with Crippen molar-refractivity contribution in [1.29, 1.82) is 0 Å². The van der Waals surface area contributed by atoms with Crippen molar-refractivity contribution in [3.63, 3.8) is 0 Å². The van der Waals surface area contributed by atoms with Gasteiger partial charge in [0.15, 0.2) is 0 Å². The first-order chi connectivity index (χ1) is 13.1. The number of benzene rings is 1. The second-order valence-electron chi connectivity index (χ2n) is 7.24. The number of carbonyl (C=O) groups excluding carboxylic acids is 2. The fourth-order valence-corrected chi connectivity index (χ4v) is 3.77. The van der Waals surface area contributed by atoms with Crippen LogP contribution in [0.2, 0.25) is 0 Å². The summed E-state index contributed by atoms with van der Waals surface area (Å²) in [7, 11) is 0. The number of halogens is 2. The molecule has 1 aliphatic heterocycles. The summed E-state index contributed by atoms with van der Waals surface area (Å²) in [6.07, 6.45) is 4.69. The first-order valence-corrected chi connectivity index (χ1v) is 9.11. The summed E-state index contributed by atoms with van der Waals surface area (Å²) in [5.74, 6) is 0.504. The highest BCUT2D eigenvalue weighted by Crippen LogP contribution is 2.58. The summed E-state index contributed by atoms with van der Waals surface area (Å²) in [4.78, 5) is 27.9. The van der Waals surface area contributed by atoms with E-state index in [2.05, 4.69) is 15.6 Å². The number of hydrogen-bond acceptors (Lipinski definition) is 5. The molecule has 1 spiro atoms. The number of rotatable bonds is 5. The quantitative estimate of drug-likeness (QED) is 0.664. The molecule has 29 heavy (non-hydrogen) atoms. The highest BCUT2D eigenvalue weighted by molar-refractivity contribution is 5.95. The van der Waals surface area contributed by atoms with Gasteiger partial charge in [-0.2, -0.15) is 0 Å². The van der Waals surface area contributed by atoms with E-state index in [1.54, 1.807) is 42.6 Å². The fraction of sp³-hybridized carbons (Fsp3) is 0.350. The van der Waals surface area contributed by atoms with Crippen LogP contribution in [0.4, 0.5) is 5.69 Å². The standard InChI is InChI=1S/C20H22N4O3.2ClH/c21-18(25)13-2-1-3-15(10-13)27-17-5-4-14(12-23-17)24-19(26)16-11-20(16)6-8-22-9-7-20;;/h1-5,10,12,16,22H,6-9,11H2,(H2,21,25)(H,24,26);2*1H. The second-order valence-corrected chi connectivity index (χ2v) is 7.24. The number of nitrogens with zero attached hydrogens (tertiary/aromatic N) is 1. The molecule has 1 saturated carbocycles. The van der Waals surface area contributed by atoms with Crippen LogP contribution in [0.5, 0.6) is 11.6 Å². The lowest BCUT2D eigenvalue weighted by Crippen LogP contribution is -2.31. The van der Waals surface area contributed by atoms with E-state index in [1.807, 2.05) is 0 Å². The SMILES string of the molecule is Cl.Cl.NC(=O)c1cccc(Oc2ccc(NC(=O)C3CC34CCNCC4)cn2)c1. The first kappa shape index (κ1) is 22.9.